The van der Waals surface area contributed by atoms with E-state index in [1.807, 2.05) is 19.1 Å². The lowest BCUT2D eigenvalue weighted by atomic mass is 10.2. The number of hydrogen-bond donors (Lipinski definition) is 2. The summed E-state index contributed by atoms with van der Waals surface area (Å²) >= 11 is 0. The van der Waals surface area contributed by atoms with Crippen LogP contribution in [0.15, 0.2) is 29.2 Å². The van der Waals surface area contributed by atoms with Crippen molar-refractivity contribution < 1.29 is 9.00 Å². The fourth-order valence-corrected chi connectivity index (χ4v) is 2.22. The normalized spacial score (nSPS) is 12.6. The average Bonchev–Trinajstić information content (AvgIpc) is 2.71. The van der Waals surface area contributed by atoms with Gasteiger partial charge in [-0.05, 0) is 31.2 Å². The van der Waals surface area contributed by atoms with Gasteiger partial charge < -0.3 is 10.3 Å². The summed E-state index contributed by atoms with van der Waals surface area (Å²) in [5.41, 5.74) is 1.40. The van der Waals surface area contributed by atoms with Crippen LogP contribution in [0.2, 0.25) is 0 Å². The number of hydrogen-bond acceptors (Lipinski definition) is 2. The maximum absolute atomic E-state index is 11.6. The summed E-state index contributed by atoms with van der Waals surface area (Å²) in [6.45, 7) is 2.47. The maximum Gasteiger partial charge on any atom is 0.267 e. The number of benzene rings is 1. The lowest BCUT2D eigenvalue weighted by molar-refractivity contribution is 0.0951. The zero-order chi connectivity index (χ0) is 12.4. The Kier molecular flexibility index (Phi) is 3.28. The smallest absolute Gasteiger partial charge is 0.267 e. The van der Waals surface area contributed by atoms with Gasteiger partial charge in [-0.25, -0.2) is 0 Å². The molecule has 5 heteroatoms. The van der Waals surface area contributed by atoms with Crippen LogP contribution in [0, 0.1) is 0 Å². The molecule has 1 heterocycles. The second kappa shape index (κ2) is 4.71. The molecule has 2 N–H and O–H groups in total. The molecule has 2 aromatic rings. The van der Waals surface area contributed by atoms with Gasteiger partial charge in [-0.1, -0.05) is 0 Å². The van der Waals surface area contributed by atoms with Gasteiger partial charge in [-0.2, -0.15) is 0 Å². The van der Waals surface area contributed by atoms with E-state index >= 15 is 0 Å². The van der Waals surface area contributed by atoms with Gasteiger partial charge in [0.25, 0.3) is 5.91 Å². The molecule has 4 nitrogen and oxygen atoms in total. The summed E-state index contributed by atoms with van der Waals surface area (Å²) in [6, 6.07) is 7.26. The third kappa shape index (κ3) is 2.39. The highest BCUT2D eigenvalue weighted by Crippen LogP contribution is 2.18. The minimum Gasteiger partial charge on any atom is -0.351 e. The van der Waals surface area contributed by atoms with Crippen molar-refractivity contribution in [2.75, 3.05) is 12.8 Å². The van der Waals surface area contributed by atoms with Crippen LogP contribution in [-0.4, -0.2) is 27.9 Å². The van der Waals surface area contributed by atoms with Crippen molar-refractivity contribution in [3.05, 3.63) is 30.0 Å². The van der Waals surface area contributed by atoms with Crippen LogP contribution in [-0.2, 0) is 10.8 Å². The standard InChI is InChI=1S/C12H14N2O2S/c1-3-13-12(15)11-7-8-6-9(17(2)16)4-5-10(8)14-11/h4-7,14H,3H2,1-2H3,(H,13,15). The molecule has 0 aliphatic rings. The lowest BCUT2D eigenvalue weighted by Crippen LogP contribution is -2.22. The number of aromatic amines is 1. The lowest BCUT2D eigenvalue weighted by Gasteiger charge is -1.96. The number of rotatable bonds is 3. The van der Waals surface area contributed by atoms with Crippen LogP contribution in [0.25, 0.3) is 10.9 Å². The third-order valence-electron chi connectivity index (χ3n) is 2.51. The van der Waals surface area contributed by atoms with Gasteiger partial charge in [0.1, 0.15) is 5.69 Å². The number of nitrogens with one attached hydrogen (secondary N) is 2. The van der Waals surface area contributed by atoms with E-state index in [0.29, 0.717) is 12.2 Å². The first-order valence-electron chi connectivity index (χ1n) is 5.36. The second-order valence-electron chi connectivity index (χ2n) is 3.75. The van der Waals surface area contributed by atoms with Crippen LogP contribution >= 0.6 is 0 Å². The number of fused-ring (bicyclic) bond motifs is 1. The van der Waals surface area contributed by atoms with E-state index in [9.17, 15) is 9.00 Å². The summed E-state index contributed by atoms with van der Waals surface area (Å²) in [6.07, 6.45) is 1.64. The fourth-order valence-electron chi connectivity index (χ4n) is 1.67. The number of carbonyl (C=O) groups is 1. The zero-order valence-corrected chi connectivity index (χ0v) is 10.6. The molecule has 1 unspecified atom stereocenters. The number of aromatic nitrogens is 1. The van der Waals surface area contributed by atoms with E-state index in [1.54, 1.807) is 18.4 Å². The minimum absolute atomic E-state index is 0.122. The van der Waals surface area contributed by atoms with Gasteiger partial charge in [0.2, 0.25) is 0 Å². The quantitative estimate of drug-likeness (QED) is 0.870. The predicted molar refractivity (Wildman–Crippen MR) is 68.6 cm³/mol. The largest absolute Gasteiger partial charge is 0.351 e. The van der Waals surface area contributed by atoms with Crippen molar-refractivity contribution in [2.24, 2.45) is 0 Å². The van der Waals surface area contributed by atoms with Crippen molar-refractivity contribution in [3.63, 3.8) is 0 Å². The highest BCUT2D eigenvalue weighted by molar-refractivity contribution is 7.84. The molecule has 2 rings (SSSR count). The summed E-state index contributed by atoms with van der Waals surface area (Å²) < 4.78 is 11.4. The van der Waals surface area contributed by atoms with E-state index in [4.69, 9.17) is 0 Å². The van der Waals surface area contributed by atoms with Crippen molar-refractivity contribution in [2.45, 2.75) is 11.8 Å². The summed E-state index contributed by atoms with van der Waals surface area (Å²) in [5, 5.41) is 3.63. The molecule has 0 bridgehead atoms. The Labute approximate surface area is 102 Å². The molecule has 0 saturated heterocycles. The van der Waals surface area contributed by atoms with E-state index in [1.165, 1.54) is 0 Å². The fraction of sp³-hybridized carbons (Fsp3) is 0.250. The molecule has 0 spiro atoms. The van der Waals surface area contributed by atoms with Crippen LogP contribution in [0.3, 0.4) is 0 Å². The SMILES string of the molecule is CCNC(=O)c1cc2cc(S(C)=O)ccc2[nH]1. The van der Waals surface area contributed by atoms with Crippen molar-refractivity contribution >= 4 is 27.6 Å². The molecule has 0 radical (unpaired) electrons. The Morgan fingerprint density at radius 1 is 1.41 bits per heavy atom. The molecule has 17 heavy (non-hydrogen) atoms. The average molecular weight is 250 g/mol. The van der Waals surface area contributed by atoms with E-state index in [-0.39, 0.29) is 5.91 Å². The van der Waals surface area contributed by atoms with Gasteiger partial charge in [0.15, 0.2) is 0 Å². The molecule has 0 aliphatic carbocycles. The first kappa shape index (κ1) is 11.9. The van der Waals surface area contributed by atoms with E-state index in [2.05, 4.69) is 10.3 Å². The highest BCUT2D eigenvalue weighted by Gasteiger charge is 2.09. The first-order valence-corrected chi connectivity index (χ1v) is 6.92. The van der Waals surface area contributed by atoms with Crippen LogP contribution in [0.5, 0.6) is 0 Å². The molecular weight excluding hydrogens is 236 g/mol. The summed E-state index contributed by atoms with van der Waals surface area (Å²) in [7, 11) is -1.00. The highest BCUT2D eigenvalue weighted by atomic mass is 32.2. The predicted octanol–water partition coefficient (Wildman–Crippen LogP) is 1.66. The van der Waals surface area contributed by atoms with Crippen LogP contribution in [0.4, 0.5) is 0 Å². The molecule has 1 amide bonds. The van der Waals surface area contributed by atoms with Gasteiger partial charge in [-0.15, -0.1) is 0 Å². The Balaban J connectivity index is 2.43. The molecule has 90 valence electrons. The monoisotopic (exact) mass is 250 g/mol. The Morgan fingerprint density at radius 3 is 2.82 bits per heavy atom. The molecule has 1 atom stereocenters. The third-order valence-corrected chi connectivity index (χ3v) is 3.42. The van der Waals surface area contributed by atoms with E-state index in [0.717, 1.165) is 15.8 Å². The first-order chi connectivity index (χ1) is 8.11. The molecule has 0 saturated carbocycles. The van der Waals surface area contributed by atoms with Gasteiger partial charge in [-0.3, -0.25) is 9.00 Å². The Bertz CT molecular complexity index is 589. The minimum atomic E-state index is -1.00. The van der Waals surface area contributed by atoms with Crippen LogP contribution < -0.4 is 5.32 Å². The zero-order valence-electron chi connectivity index (χ0n) is 9.74. The molecule has 0 fully saturated rings. The number of H-pyrrole nitrogens is 1. The topological polar surface area (TPSA) is 62.0 Å². The Morgan fingerprint density at radius 2 is 2.18 bits per heavy atom. The number of carbonyl (C=O) groups excluding carboxylic acids is 1. The molecular formula is C12H14N2O2S. The van der Waals surface area contributed by atoms with Crippen molar-refractivity contribution in [1.82, 2.24) is 10.3 Å². The maximum atomic E-state index is 11.6. The van der Waals surface area contributed by atoms with Gasteiger partial charge in [0.05, 0.1) is 0 Å². The van der Waals surface area contributed by atoms with Gasteiger partial charge >= 0.3 is 0 Å². The van der Waals surface area contributed by atoms with Crippen LogP contribution in [0.1, 0.15) is 17.4 Å². The molecule has 1 aromatic carbocycles. The van der Waals surface area contributed by atoms with Crippen molar-refractivity contribution in [1.29, 1.82) is 0 Å². The summed E-state index contributed by atoms with van der Waals surface area (Å²) in [4.78, 5) is 15.4. The van der Waals surface area contributed by atoms with E-state index < -0.39 is 10.8 Å². The molecule has 0 aliphatic heterocycles. The summed E-state index contributed by atoms with van der Waals surface area (Å²) in [5.74, 6) is -0.122. The second-order valence-corrected chi connectivity index (χ2v) is 5.13. The Hall–Kier alpha value is -1.62. The number of amides is 1. The van der Waals surface area contributed by atoms with Gasteiger partial charge in [0, 0.05) is 39.4 Å². The molecule has 1 aromatic heterocycles. The van der Waals surface area contributed by atoms with Crippen molar-refractivity contribution in [3.8, 4) is 0 Å².